The number of likely N-dealkylation sites (N-methyl/N-ethyl adjacent to an activating group) is 1. The maximum Gasteiger partial charge on any atom is 0.328 e. The Morgan fingerprint density at radius 2 is 1.89 bits per heavy atom. The fourth-order valence-corrected chi connectivity index (χ4v) is 4.06. The van der Waals surface area contributed by atoms with Gasteiger partial charge < -0.3 is 10.0 Å². The van der Waals surface area contributed by atoms with Gasteiger partial charge in [0, 0.05) is 39.1 Å². The molecule has 1 unspecified atom stereocenters. The fraction of sp³-hybridized carbons (Fsp3) is 0.550. The van der Waals surface area contributed by atoms with Gasteiger partial charge in [-0.25, -0.2) is 4.79 Å². The van der Waals surface area contributed by atoms with E-state index in [9.17, 15) is 14.4 Å². The molecule has 0 bridgehead atoms. The highest BCUT2D eigenvalue weighted by molar-refractivity contribution is 5.78. The number of hydrogen-bond acceptors (Lipinski definition) is 4. The van der Waals surface area contributed by atoms with Gasteiger partial charge in [0.1, 0.15) is 0 Å². The third kappa shape index (κ3) is 4.27. The quantitative estimate of drug-likeness (QED) is 0.801. The highest BCUT2D eigenvalue weighted by Gasteiger charge is 2.24. The Balaban J connectivity index is 1.61. The first-order valence-electron chi connectivity index (χ1n) is 9.72. The molecule has 0 saturated carbocycles. The predicted molar refractivity (Wildman–Crippen MR) is 106 cm³/mol. The van der Waals surface area contributed by atoms with Crippen molar-refractivity contribution in [3.63, 3.8) is 0 Å². The minimum atomic E-state index is -0.833. The molecule has 8 heteroatoms. The van der Waals surface area contributed by atoms with Crippen molar-refractivity contribution >= 4 is 22.9 Å². The minimum absolute atomic E-state index is 0.0165. The number of imidazole rings is 1. The summed E-state index contributed by atoms with van der Waals surface area (Å²) in [5, 5.41) is 8.97. The normalized spacial score (nSPS) is 17.8. The first kappa shape index (κ1) is 20.1. The minimum Gasteiger partial charge on any atom is -0.480 e. The lowest BCUT2D eigenvalue weighted by Crippen LogP contribution is -2.37. The van der Waals surface area contributed by atoms with Crippen LogP contribution in [0.1, 0.15) is 25.7 Å². The average Bonchev–Trinajstić information content (AvgIpc) is 2.84. The Kier molecular flexibility index (Phi) is 6.18. The van der Waals surface area contributed by atoms with Gasteiger partial charge in [-0.05, 0) is 38.4 Å². The van der Waals surface area contributed by atoms with Crippen molar-refractivity contribution in [2.24, 2.45) is 7.05 Å². The van der Waals surface area contributed by atoms with Gasteiger partial charge in [-0.15, -0.1) is 0 Å². The van der Waals surface area contributed by atoms with Crippen LogP contribution in [0.25, 0.3) is 11.0 Å². The number of likely N-dealkylation sites (tertiary alicyclic amines) is 1. The molecule has 1 N–H and O–H groups in total. The van der Waals surface area contributed by atoms with Crippen LogP contribution in [0, 0.1) is 0 Å². The largest absolute Gasteiger partial charge is 0.480 e. The number of amides is 1. The van der Waals surface area contributed by atoms with E-state index in [0.29, 0.717) is 19.6 Å². The summed E-state index contributed by atoms with van der Waals surface area (Å²) in [6.07, 6.45) is 2.79. The molecule has 8 nitrogen and oxygen atoms in total. The summed E-state index contributed by atoms with van der Waals surface area (Å²) in [6.45, 7) is 1.68. The molecule has 1 aliphatic heterocycles. The van der Waals surface area contributed by atoms with Crippen LogP contribution in [-0.4, -0.2) is 68.6 Å². The first-order chi connectivity index (χ1) is 13.4. The van der Waals surface area contributed by atoms with Crippen molar-refractivity contribution in [1.29, 1.82) is 0 Å². The van der Waals surface area contributed by atoms with Crippen LogP contribution in [0.15, 0.2) is 29.1 Å². The molecule has 28 heavy (non-hydrogen) atoms. The van der Waals surface area contributed by atoms with Gasteiger partial charge in [0.15, 0.2) is 0 Å². The van der Waals surface area contributed by atoms with Crippen LogP contribution < -0.4 is 5.69 Å². The monoisotopic (exact) mass is 388 g/mol. The van der Waals surface area contributed by atoms with Crippen molar-refractivity contribution in [2.45, 2.75) is 38.3 Å². The van der Waals surface area contributed by atoms with E-state index < -0.39 is 5.97 Å². The number of carbonyl (C=O) groups is 2. The van der Waals surface area contributed by atoms with Gasteiger partial charge >= 0.3 is 11.7 Å². The number of aromatic nitrogens is 2. The number of carbonyl (C=O) groups excluding carboxylic acids is 1. The number of para-hydroxylation sites is 2. The highest BCUT2D eigenvalue weighted by Crippen LogP contribution is 2.17. The number of carboxylic acid groups (broad SMARTS) is 1. The number of rotatable bonds is 6. The molecule has 1 atom stereocenters. The highest BCUT2D eigenvalue weighted by atomic mass is 16.4. The lowest BCUT2D eigenvalue weighted by Gasteiger charge is -2.25. The van der Waals surface area contributed by atoms with Crippen molar-refractivity contribution in [3.05, 3.63) is 34.7 Å². The summed E-state index contributed by atoms with van der Waals surface area (Å²) in [5.41, 5.74) is 1.59. The zero-order valence-electron chi connectivity index (χ0n) is 16.5. The number of carboxylic acids is 1. The Morgan fingerprint density at radius 3 is 2.61 bits per heavy atom. The molecule has 2 aromatic rings. The van der Waals surface area contributed by atoms with Crippen LogP contribution in [0.3, 0.4) is 0 Å². The summed E-state index contributed by atoms with van der Waals surface area (Å²) < 4.78 is 3.27. The molecule has 0 radical (unpaired) electrons. The summed E-state index contributed by atoms with van der Waals surface area (Å²) in [6, 6.07) is 7.76. The van der Waals surface area contributed by atoms with E-state index in [0.717, 1.165) is 30.3 Å². The van der Waals surface area contributed by atoms with Gasteiger partial charge in [0.25, 0.3) is 0 Å². The zero-order chi connectivity index (χ0) is 20.3. The van der Waals surface area contributed by atoms with Gasteiger partial charge in [-0.1, -0.05) is 12.1 Å². The van der Waals surface area contributed by atoms with Crippen LogP contribution in [-0.2, 0) is 23.2 Å². The summed E-state index contributed by atoms with van der Waals surface area (Å²) in [4.78, 5) is 39.8. The number of fused-ring (bicyclic) bond motifs is 1. The van der Waals surface area contributed by atoms with Crippen LogP contribution >= 0.6 is 0 Å². The molecule has 0 spiro atoms. The second kappa shape index (κ2) is 8.60. The molecule has 0 aliphatic carbocycles. The molecular weight excluding hydrogens is 360 g/mol. The third-order valence-electron chi connectivity index (χ3n) is 5.66. The van der Waals surface area contributed by atoms with Crippen molar-refractivity contribution in [3.8, 4) is 0 Å². The molecule has 2 heterocycles. The number of aliphatic carboxylic acids is 1. The second-order valence-electron chi connectivity index (χ2n) is 7.51. The van der Waals surface area contributed by atoms with Crippen molar-refractivity contribution < 1.29 is 14.7 Å². The molecular formula is C20H28N4O4. The number of hydrogen-bond donors (Lipinski definition) is 1. The lowest BCUT2D eigenvalue weighted by atomic mass is 10.1. The molecule has 1 amide bonds. The molecule has 1 fully saturated rings. The summed E-state index contributed by atoms with van der Waals surface area (Å²) >= 11 is 0. The maximum atomic E-state index is 12.7. The van der Waals surface area contributed by atoms with E-state index in [-0.39, 0.29) is 30.6 Å². The van der Waals surface area contributed by atoms with E-state index in [1.54, 1.807) is 16.2 Å². The third-order valence-corrected chi connectivity index (χ3v) is 5.66. The second-order valence-corrected chi connectivity index (χ2v) is 7.51. The smallest absolute Gasteiger partial charge is 0.328 e. The Bertz CT molecular complexity index is 917. The predicted octanol–water partition coefficient (Wildman–Crippen LogP) is 1.13. The lowest BCUT2D eigenvalue weighted by molar-refractivity contribution is -0.138. The van der Waals surface area contributed by atoms with Crippen LogP contribution in [0.2, 0.25) is 0 Å². The van der Waals surface area contributed by atoms with Crippen molar-refractivity contribution in [1.82, 2.24) is 18.9 Å². The topological polar surface area (TPSA) is 87.8 Å². The standard InChI is InChI=1S/C20H28N4O4/c1-21(14-19(26)27)15-6-5-11-23(12-9-15)18(25)10-13-24-17-8-4-3-7-16(17)22(2)20(24)28/h3-4,7-8,15H,5-6,9-14H2,1-2H3,(H,26,27). The summed E-state index contributed by atoms with van der Waals surface area (Å²) in [5.74, 6) is -0.790. The summed E-state index contributed by atoms with van der Waals surface area (Å²) in [7, 11) is 3.56. The van der Waals surface area contributed by atoms with E-state index in [4.69, 9.17) is 5.11 Å². The molecule has 3 rings (SSSR count). The van der Waals surface area contributed by atoms with Gasteiger partial charge in [0.05, 0.1) is 17.6 Å². The average molecular weight is 388 g/mol. The van der Waals surface area contributed by atoms with E-state index in [2.05, 4.69) is 0 Å². The van der Waals surface area contributed by atoms with Gasteiger partial charge in [-0.3, -0.25) is 23.6 Å². The van der Waals surface area contributed by atoms with Gasteiger partial charge in [-0.2, -0.15) is 0 Å². The SMILES string of the molecule is CN(CC(=O)O)C1CCCN(C(=O)CCn2c(=O)n(C)c3ccccc32)CC1. The molecule has 1 aliphatic rings. The maximum absolute atomic E-state index is 12.7. The fourth-order valence-electron chi connectivity index (χ4n) is 4.06. The Labute approximate surface area is 163 Å². The molecule has 1 aromatic heterocycles. The molecule has 1 aromatic carbocycles. The number of aryl methyl sites for hydroxylation is 2. The Morgan fingerprint density at radius 1 is 1.18 bits per heavy atom. The van der Waals surface area contributed by atoms with Gasteiger partial charge in [0.2, 0.25) is 5.91 Å². The van der Waals surface area contributed by atoms with Crippen LogP contribution in [0.4, 0.5) is 0 Å². The Hall–Kier alpha value is -2.61. The number of benzene rings is 1. The zero-order valence-corrected chi connectivity index (χ0v) is 16.5. The first-order valence-corrected chi connectivity index (χ1v) is 9.72. The van der Waals surface area contributed by atoms with E-state index in [1.807, 2.05) is 41.1 Å². The van der Waals surface area contributed by atoms with Crippen molar-refractivity contribution in [2.75, 3.05) is 26.7 Å². The van der Waals surface area contributed by atoms with E-state index >= 15 is 0 Å². The van der Waals surface area contributed by atoms with Crippen LogP contribution in [0.5, 0.6) is 0 Å². The number of nitrogens with zero attached hydrogens (tertiary/aromatic N) is 4. The molecule has 1 saturated heterocycles. The molecule has 152 valence electrons. The van der Waals surface area contributed by atoms with E-state index in [1.165, 1.54) is 0 Å².